The molecule has 0 saturated heterocycles. The molecule has 2 aromatic carbocycles. The summed E-state index contributed by atoms with van der Waals surface area (Å²) in [7, 11) is 0. The first-order valence-corrected chi connectivity index (χ1v) is 6.62. The normalized spacial score (nSPS) is 10.3. The molecule has 0 saturated carbocycles. The molecule has 2 N–H and O–H groups in total. The predicted molar refractivity (Wildman–Crippen MR) is 80.5 cm³/mol. The number of hydrogen-bond acceptors (Lipinski definition) is 2. The van der Waals surface area contributed by atoms with Gasteiger partial charge in [0.1, 0.15) is 11.4 Å². The van der Waals surface area contributed by atoms with Crippen LogP contribution in [0, 0.1) is 16.3 Å². The van der Waals surface area contributed by atoms with Crippen LogP contribution in [0.3, 0.4) is 0 Å². The summed E-state index contributed by atoms with van der Waals surface area (Å²) in [5.74, 6) is -2.04. The maximum absolute atomic E-state index is 13.5. The Morgan fingerprint density at radius 3 is 2.63 bits per heavy atom. The van der Waals surface area contributed by atoms with Crippen molar-refractivity contribution in [2.24, 2.45) is 0 Å². The van der Waals surface area contributed by atoms with E-state index in [9.17, 15) is 9.18 Å². The van der Waals surface area contributed by atoms with E-state index in [1.54, 1.807) is 6.07 Å². The Balaban J connectivity index is 2.44. The van der Waals surface area contributed by atoms with Gasteiger partial charge in [-0.2, -0.15) is 0 Å². The van der Waals surface area contributed by atoms with Crippen molar-refractivity contribution in [1.82, 2.24) is 0 Å². The second-order valence-corrected chi connectivity index (χ2v) is 5.30. The molecule has 0 aromatic heterocycles. The van der Waals surface area contributed by atoms with Crippen LogP contribution in [0.5, 0.6) is 0 Å². The maximum Gasteiger partial charge on any atom is 0.340 e. The zero-order valence-corrected chi connectivity index (χ0v) is 12.2. The highest BCUT2D eigenvalue weighted by Gasteiger charge is 2.16. The molecule has 0 aliphatic rings. The van der Waals surface area contributed by atoms with E-state index in [-0.39, 0.29) is 11.3 Å². The van der Waals surface area contributed by atoms with Crippen LogP contribution in [0.4, 0.5) is 15.8 Å². The fourth-order valence-corrected chi connectivity index (χ4v) is 2.40. The Labute approximate surface area is 123 Å². The molecule has 3 nitrogen and oxygen atoms in total. The average molecular weight is 371 g/mol. The molecular formula is C14H11FINO2. The van der Waals surface area contributed by atoms with Crippen molar-refractivity contribution >= 4 is 39.9 Å². The lowest BCUT2D eigenvalue weighted by molar-refractivity contribution is 0.0693. The number of anilines is 2. The third-order valence-electron chi connectivity index (χ3n) is 2.69. The first-order chi connectivity index (χ1) is 8.99. The average Bonchev–Trinajstić information content (AvgIpc) is 2.32. The van der Waals surface area contributed by atoms with Crippen LogP contribution in [0.2, 0.25) is 0 Å². The molecule has 0 aliphatic heterocycles. The molecule has 98 valence electrons. The van der Waals surface area contributed by atoms with Gasteiger partial charge in [-0.3, -0.25) is 0 Å². The molecule has 0 aliphatic carbocycles. The van der Waals surface area contributed by atoms with Gasteiger partial charge in [0.2, 0.25) is 0 Å². The van der Waals surface area contributed by atoms with Crippen LogP contribution in [-0.2, 0) is 0 Å². The van der Waals surface area contributed by atoms with Crippen LogP contribution < -0.4 is 5.32 Å². The van der Waals surface area contributed by atoms with Crippen molar-refractivity contribution in [2.45, 2.75) is 6.92 Å². The number of carboxylic acid groups (broad SMARTS) is 1. The molecule has 2 aromatic rings. The fourth-order valence-electron chi connectivity index (χ4n) is 1.76. The molecule has 0 heterocycles. The Kier molecular flexibility index (Phi) is 4.04. The second kappa shape index (κ2) is 5.56. The van der Waals surface area contributed by atoms with Gasteiger partial charge in [-0.15, -0.1) is 0 Å². The number of benzene rings is 2. The van der Waals surface area contributed by atoms with Gasteiger partial charge in [0.25, 0.3) is 0 Å². The van der Waals surface area contributed by atoms with E-state index in [4.69, 9.17) is 5.11 Å². The number of carboxylic acids is 1. The third kappa shape index (κ3) is 3.04. The van der Waals surface area contributed by atoms with Crippen LogP contribution in [0.1, 0.15) is 15.9 Å². The molecular weight excluding hydrogens is 360 g/mol. The SMILES string of the molecule is Cc1cc(I)ccc1Nc1cccc(F)c1C(=O)O. The van der Waals surface area contributed by atoms with Crippen LogP contribution >= 0.6 is 22.6 Å². The molecule has 0 unspecified atom stereocenters. The molecule has 0 spiro atoms. The lowest BCUT2D eigenvalue weighted by Crippen LogP contribution is -2.06. The molecule has 0 fully saturated rings. The number of halogens is 2. The van der Waals surface area contributed by atoms with Crippen molar-refractivity contribution in [1.29, 1.82) is 0 Å². The van der Waals surface area contributed by atoms with Crippen LogP contribution in [0.15, 0.2) is 36.4 Å². The van der Waals surface area contributed by atoms with Gasteiger partial charge in [0.05, 0.1) is 5.69 Å². The predicted octanol–water partition coefficient (Wildman–Crippen LogP) is 4.18. The standard InChI is InChI=1S/C14H11FINO2/c1-8-7-9(16)5-6-11(8)17-12-4-2-3-10(15)13(12)14(18)19/h2-7,17H,1H3,(H,18,19). The quantitative estimate of drug-likeness (QED) is 0.796. The third-order valence-corrected chi connectivity index (χ3v) is 3.36. The van der Waals surface area contributed by atoms with Crippen molar-refractivity contribution in [3.63, 3.8) is 0 Å². The van der Waals surface area contributed by atoms with E-state index < -0.39 is 11.8 Å². The van der Waals surface area contributed by atoms with E-state index in [1.165, 1.54) is 6.07 Å². The zero-order valence-electron chi connectivity index (χ0n) is 10.1. The van der Waals surface area contributed by atoms with Gasteiger partial charge in [0.15, 0.2) is 0 Å². The van der Waals surface area contributed by atoms with E-state index in [0.29, 0.717) is 0 Å². The topological polar surface area (TPSA) is 49.3 Å². The molecule has 0 atom stereocenters. The first-order valence-electron chi connectivity index (χ1n) is 5.54. The maximum atomic E-state index is 13.5. The van der Waals surface area contributed by atoms with E-state index in [1.807, 2.05) is 25.1 Å². The number of hydrogen-bond donors (Lipinski definition) is 2. The largest absolute Gasteiger partial charge is 0.478 e. The molecule has 0 amide bonds. The molecule has 5 heteroatoms. The molecule has 2 rings (SSSR count). The summed E-state index contributed by atoms with van der Waals surface area (Å²) in [6, 6.07) is 9.86. The summed E-state index contributed by atoms with van der Waals surface area (Å²) in [5.41, 5.74) is 1.62. The Bertz CT molecular complexity index is 643. The molecule has 0 bridgehead atoms. The number of aromatic carboxylic acids is 1. The Hall–Kier alpha value is -1.63. The van der Waals surface area contributed by atoms with Gasteiger partial charge in [0, 0.05) is 9.26 Å². The minimum absolute atomic E-state index is 0.247. The van der Waals surface area contributed by atoms with Gasteiger partial charge in [-0.25, -0.2) is 9.18 Å². The minimum Gasteiger partial charge on any atom is -0.478 e. The first kappa shape index (κ1) is 13.8. The molecule has 0 radical (unpaired) electrons. The summed E-state index contributed by atoms with van der Waals surface area (Å²) in [5, 5.41) is 12.0. The van der Waals surface area contributed by atoms with Crippen molar-refractivity contribution in [2.75, 3.05) is 5.32 Å². The monoisotopic (exact) mass is 371 g/mol. The number of aryl methyl sites for hydroxylation is 1. The minimum atomic E-state index is -1.29. The van der Waals surface area contributed by atoms with Crippen molar-refractivity contribution < 1.29 is 14.3 Å². The lowest BCUT2D eigenvalue weighted by atomic mass is 10.1. The van der Waals surface area contributed by atoms with Gasteiger partial charge in [-0.1, -0.05) is 6.07 Å². The fraction of sp³-hybridized carbons (Fsp3) is 0.0714. The highest BCUT2D eigenvalue weighted by atomic mass is 127. The number of rotatable bonds is 3. The second-order valence-electron chi connectivity index (χ2n) is 4.05. The zero-order chi connectivity index (χ0) is 14.0. The van der Waals surface area contributed by atoms with Crippen molar-refractivity contribution in [3.05, 3.63) is 56.9 Å². The van der Waals surface area contributed by atoms with Gasteiger partial charge < -0.3 is 10.4 Å². The number of nitrogens with one attached hydrogen (secondary N) is 1. The van der Waals surface area contributed by atoms with E-state index in [0.717, 1.165) is 20.9 Å². The van der Waals surface area contributed by atoms with E-state index >= 15 is 0 Å². The summed E-state index contributed by atoms with van der Waals surface area (Å²) in [4.78, 5) is 11.1. The highest BCUT2D eigenvalue weighted by molar-refractivity contribution is 14.1. The number of carbonyl (C=O) groups is 1. The van der Waals surface area contributed by atoms with E-state index in [2.05, 4.69) is 27.9 Å². The highest BCUT2D eigenvalue weighted by Crippen LogP contribution is 2.26. The summed E-state index contributed by atoms with van der Waals surface area (Å²) in [6.07, 6.45) is 0. The van der Waals surface area contributed by atoms with Gasteiger partial charge in [-0.05, 0) is 65.4 Å². The lowest BCUT2D eigenvalue weighted by Gasteiger charge is -2.12. The Morgan fingerprint density at radius 1 is 1.26 bits per heavy atom. The smallest absolute Gasteiger partial charge is 0.340 e. The van der Waals surface area contributed by atoms with Crippen molar-refractivity contribution in [3.8, 4) is 0 Å². The summed E-state index contributed by atoms with van der Waals surface area (Å²) >= 11 is 2.19. The summed E-state index contributed by atoms with van der Waals surface area (Å²) < 4.78 is 14.6. The van der Waals surface area contributed by atoms with Crippen LogP contribution in [-0.4, -0.2) is 11.1 Å². The molecule has 19 heavy (non-hydrogen) atoms. The van der Waals surface area contributed by atoms with Crippen LogP contribution in [0.25, 0.3) is 0 Å². The Morgan fingerprint density at radius 2 is 2.00 bits per heavy atom. The van der Waals surface area contributed by atoms with Gasteiger partial charge >= 0.3 is 5.97 Å². The summed E-state index contributed by atoms with van der Waals surface area (Å²) in [6.45, 7) is 1.91.